The molecule has 1 N–H and O–H groups in total. The van der Waals surface area contributed by atoms with Crippen molar-refractivity contribution in [2.45, 2.75) is 50.0 Å². The van der Waals surface area contributed by atoms with Crippen molar-refractivity contribution < 1.29 is 19.4 Å². The average Bonchev–Trinajstić information content (AvgIpc) is 3.33. The summed E-state index contributed by atoms with van der Waals surface area (Å²) in [6.07, 6.45) is 11.4. The number of aliphatic hydroxyl groups is 1. The van der Waals surface area contributed by atoms with E-state index >= 15 is 0 Å². The second kappa shape index (κ2) is 20.3. The summed E-state index contributed by atoms with van der Waals surface area (Å²) >= 11 is 17.1. The van der Waals surface area contributed by atoms with E-state index < -0.39 is 17.5 Å². The lowest BCUT2D eigenvalue weighted by atomic mass is 9.73. The Bertz CT molecular complexity index is 2600. The molecule has 2 aromatic heterocycles. The average molecular weight is 902 g/mol. The van der Waals surface area contributed by atoms with Crippen LogP contribution >= 0.6 is 34.8 Å². The van der Waals surface area contributed by atoms with Crippen LogP contribution in [-0.4, -0.2) is 74.3 Å². The molecule has 12 rings (SSSR count). The molecule has 6 fully saturated rings. The minimum absolute atomic E-state index is 0.118. The van der Waals surface area contributed by atoms with Crippen molar-refractivity contribution in [3.63, 3.8) is 0 Å². The Morgan fingerprint density at radius 3 is 1.63 bits per heavy atom. The van der Waals surface area contributed by atoms with Crippen LogP contribution in [0.25, 0.3) is 21.8 Å². The van der Waals surface area contributed by atoms with E-state index in [1.54, 1.807) is 48.7 Å². The number of halogens is 3. The number of benzene rings is 4. The van der Waals surface area contributed by atoms with E-state index in [2.05, 4.69) is 57.2 Å². The topological polar surface area (TPSA) is 95.9 Å². The van der Waals surface area contributed by atoms with Crippen LogP contribution in [-0.2, 0) is 4.74 Å². The van der Waals surface area contributed by atoms with Gasteiger partial charge in [-0.3, -0.25) is 24.6 Å². The highest BCUT2D eigenvalue weighted by Crippen LogP contribution is 2.44. The molecule has 6 aliphatic rings. The van der Waals surface area contributed by atoms with Crippen LogP contribution in [0.5, 0.6) is 0 Å². The molecular weight excluding hydrogens is 851 g/mol. The van der Waals surface area contributed by atoms with Gasteiger partial charge in [0.1, 0.15) is 6.10 Å². The molecule has 4 bridgehead atoms. The highest BCUT2D eigenvalue weighted by Gasteiger charge is 2.45. The third kappa shape index (κ3) is 9.77. The number of piperidine rings is 6. The molecule has 324 valence electrons. The minimum Gasteiger partial charge on any atom is -0.452 e. The van der Waals surface area contributed by atoms with Crippen molar-refractivity contribution in [1.82, 2.24) is 19.8 Å². The number of nitrogens with zero attached hydrogens (tertiary/aromatic N) is 4. The SMILES string of the molecule is C=C[C@H]1CN2CC[C@H]1C[C@H]2[C@H](O)c1ccnc2ccccc12.C=C[C@H]1CN2CC[C@H]1C[C@H]2[C@H](OC(=O)c1ccccc1Cl)c1ccnc2ccccc12.O=C(Cl)c1ccccc1Cl. The Morgan fingerprint density at radius 2 is 1.14 bits per heavy atom. The predicted molar refractivity (Wildman–Crippen MR) is 253 cm³/mol. The van der Waals surface area contributed by atoms with Crippen molar-refractivity contribution in [2.24, 2.45) is 23.7 Å². The van der Waals surface area contributed by atoms with Crippen molar-refractivity contribution in [2.75, 3.05) is 26.2 Å². The summed E-state index contributed by atoms with van der Waals surface area (Å²) in [7, 11) is 0. The molecule has 0 radical (unpaired) electrons. The molecule has 6 saturated heterocycles. The van der Waals surface area contributed by atoms with Crippen LogP contribution in [0.1, 0.15) is 69.7 Å². The molecule has 8 nitrogen and oxygen atoms in total. The number of hydrogen-bond donors (Lipinski definition) is 1. The summed E-state index contributed by atoms with van der Waals surface area (Å²) in [5.74, 6) is 1.95. The normalized spacial score (nSPS) is 25.4. The number of para-hydroxylation sites is 2. The second-order valence-electron chi connectivity index (χ2n) is 16.8. The van der Waals surface area contributed by atoms with Crippen LogP contribution < -0.4 is 0 Å². The van der Waals surface area contributed by atoms with E-state index in [0.717, 1.165) is 78.4 Å². The third-order valence-electron chi connectivity index (χ3n) is 13.4. The van der Waals surface area contributed by atoms with Crippen molar-refractivity contribution >= 4 is 67.8 Å². The number of carbonyl (C=O) groups excluding carboxylic acids is 2. The number of carbonyl (C=O) groups is 2. The molecule has 10 atom stereocenters. The molecule has 11 heteroatoms. The molecule has 4 aromatic carbocycles. The number of ether oxygens (including phenoxy) is 1. The number of aliphatic hydroxyl groups excluding tert-OH is 1. The number of fused-ring (bicyclic) bond motifs is 8. The fraction of sp³-hybridized carbons (Fsp3) is 0.308. The van der Waals surface area contributed by atoms with E-state index in [4.69, 9.17) is 39.5 Å². The van der Waals surface area contributed by atoms with Gasteiger partial charge >= 0.3 is 5.97 Å². The Labute approximate surface area is 384 Å². The van der Waals surface area contributed by atoms with Crippen molar-refractivity contribution in [1.29, 1.82) is 0 Å². The first kappa shape index (κ1) is 44.7. The molecule has 6 aliphatic heterocycles. The number of pyridine rings is 2. The first-order chi connectivity index (χ1) is 30.6. The Kier molecular flexibility index (Phi) is 14.4. The van der Waals surface area contributed by atoms with Gasteiger partial charge in [0.05, 0.1) is 44.4 Å². The maximum atomic E-state index is 13.2. The van der Waals surface area contributed by atoms with E-state index in [-0.39, 0.29) is 18.1 Å². The zero-order valence-electron chi connectivity index (χ0n) is 35.0. The summed E-state index contributed by atoms with van der Waals surface area (Å²) in [5, 5.41) is 13.4. The molecule has 0 saturated carbocycles. The van der Waals surface area contributed by atoms with E-state index in [1.165, 1.54) is 6.42 Å². The van der Waals surface area contributed by atoms with Gasteiger partial charge in [0, 0.05) is 47.9 Å². The maximum Gasteiger partial charge on any atom is 0.340 e. The monoisotopic (exact) mass is 900 g/mol. The Morgan fingerprint density at radius 1 is 0.667 bits per heavy atom. The zero-order chi connectivity index (χ0) is 44.0. The quantitative estimate of drug-likeness (QED) is 0.0871. The molecule has 8 heterocycles. The lowest BCUT2D eigenvalue weighted by molar-refractivity contribution is -0.0568. The van der Waals surface area contributed by atoms with E-state index in [1.807, 2.05) is 60.8 Å². The molecular formula is C52H51Cl3N4O4. The molecule has 2 unspecified atom stereocenters. The van der Waals surface area contributed by atoms with Crippen LogP contribution in [0.15, 0.2) is 147 Å². The number of rotatable bonds is 9. The predicted octanol–water partition coefficient (Wildman–Crippen LogP) is 11.6. The van der Waals surface area contributed by atoms with Gasteiger partial charge in [0.2, 0.25) is 0 Å². The number of hydrogen-bond acceptors (Lipinski definition) is 8. The van der Waals surface area contributed by atoms with Gasteiger partial charge in [-0.15, -0.1) is 13.2 Å². The smallest absolute Gasteiger partial charge is 0.340 e. The first-order valence-corrected chi connectivity index (χ1v) is 22.8. The van der Waals surface area contributed by atoms with Gasteiger partial charge < -0.3 is 9.84 Å². The maximum absolute atomic E-state index is 13.2. The molecule has 0 spiro atoms. The van der Waals surface area contributed by atoms with Gasteiger partial charge in [0.15, 0.2) is 0 Å². The molecule has 6 aromatic rings. The second-order valence-corrected chi connectivity index (χ2v) is 18.0. The summed E-state index contributed by atoms with van der Waals surface area (Å²) in [6.45, 7) is 12.1. The summed E-state index contributed by atoms with van der Waals surface area (Å²) in [6, 6.07) is 34.1. The standard InChI is InChI=1S/C26H25ClN2O2.C19H22N2O.C7H4Cl2O/c1-2-17-16-29-14-12-18(17)15-24(29)25(31-26(30)21-8-3-5-9-22(21)27)20-11-13-28-23-10-6-4-7-19(20)23;1-2-13-12-21-10-8-14(13)11-18(21)19(22)16-7-9-20-17-6-4-3-5-15(16)17;8-6-4-2-1-3-5(6)7(9)10/h2-11,13,17-18,24-25H,1,12,14-16H2;2-7,9,13-14,18-19,22H,1,8,10-12H2;1-4H/t17-,18-,24-,25+;13-,14-,18-,19+;/m00./s1. The molecule has 0 aliphatic carbocycles. The molecule has 63 heavy (non-hydrogen) atoms. The van der Waals surface area contributed by atoms with Gasteiger partial charge in [-0.05, 0) is 128 Å². The Hall–Kier alpha value is -4.93. The Balaban J connectivity index is 0.000000147. The molecule has 0 amide bonds. The van der Waals surface area contributed by atoms with E-state index in [0.29, 0.717) is 44.8 Å². The minimum atomic E-state index is -0.523. The highest BCUT2D eigenvalue weighted by molar-refractivity contribution is 6.68. The van der Waals surface area contributed by atoms with Gasteiger partial charge in [0.25, 0.3) is 5.24 Å². The van der Waals surface area contributed by atoms with Crippen LogP contribution in [0.4, 0.5) is 0 Å². The number of esters is 1. The summed E-state index contributed by atoms with van der Waals surface area (Å²) in [4.78, 5) is 37.6. The van der Waals surface area contributed by atoms with Gasteiger partial charge in [-0.25, -0.2) is 4.79 Å². The fourth-order valence-corrected chi connectivity index (χ4v) is 10.8. The lowest BCUT2D eigenvalue weighted by Crippen LogP contribution is -2.55. The summed E-state index contributed by atoms with van der Waals surface area (Å²) in [5.41, 5.74) is 4.62. The third-order valence-corrected chi connectivity index (χ3v) is 14.3. The summed E-state index contributed by atoms with van der Waals surface area (Å²) < 4.78 is 6.25. The van der Waals surface area contributed by atoms with Crippen LogP contribution in [0, 0.1) is 23.7 Å². The largest absolute Gasteiger partial charge is 0.452 e. The van der Waals surface area contributed by atoms with Gasteiger partial charge in [-0.2, -0.15) is 0 Å². The van der Waals surface area contributed by atoms with Gasteiger partial charge in [-0.1, -0.05) is 96.0 Å². The lowest BCUT2D eigenvalue weighted by Gasteiger charge is -2.51. The van der Waals surface area contributed by atoms with Crippen LogP contribution in [0.3, 0.4) is 0 Å². The first-order valence-electron chi connectivity index (χ1n) is 21.6. The van der Waals surface area contributed by atoms with E-state index in [9.17, 15) is 14.7 Å². The number of aromatic nitrogens is 2. The highest BCUT2D eigenvalue weighted by atomic mass is 35.5. The fourth-order valence-electron chi connectivity index (χ4n) is 10.1. The van der Waals surface area contributed by atoms with Crippen molar-refractivity contribution in [3.05, 3.63) is 179 Å². The van der Waals surface area contributed by atoms with Crippen molar-refractivity contribution in [3.8, 4) is 0 Å². The van der Waals surface area contributed by atoms with Crippen LogP contribution in [0.2, 0.25) is 10.0 Å². The zero-order valence-corrected chi connectivity index (χ0v) is 37.3.